The number of likely N-dealkylation sites (N-methyl/N-ethyl adjacent to an activating group) is 1. The monoisotopic (exact) mass is 444 g/mol. The van der Waals surface area contributed by atoms with Crippen molar-refractivity contribution in [3.8, 4) is 0 Å². The number of benzene rings is 2. The number of hydrogen-bond donors (Lipinski definition) is 0. The number of fused-ring (bicyclic) bond motifs is 3. The third-order valence-electron chi connectivity index (χ3n) is 5.85. The standard InChI is InChI=1S/C25H30Cl2N2O/c1-4-28(5-2)14-15-29-23-8-6-19(18(3)10-12-26)16-21(23)22-17-20(7-9-24(22)29)25(30)11-13-27/h6-9,16-17H,3-5,10-15H2,1-2H3. The van der Waals surface area contributed by atoms with Crippen molar-refractivity contribution in [2.24, 2.45) is 0 Å². The van der Waals surface area contributed by atoms with Crippen LogP contribution in [-0.4, -0.2) is 46.6 Å². The third-order valence-corrected chi connectivity index (χ3v) is 6.23. The number of alkyl halides is 2. The highest BCUT2D eigenvalue weighted by molar-refractivity contribution is 6.20. The number of Topliss-reactive ketones (excluding diaryl/α,β-unsaturated/α-hetero) is 1. The zero-order valence-electron chi connectivity index (χ0n) is 17.9. The second kappa shape index (κ2) is 10.5. The summed E-state index contributed by atoms with van der Waals surface area (Å²) in [7, 11) is 0. The van der Waals surface area contributed by atoms with E-state index in [0.29, 0.717) is 18.2 Å². The van der Waals surface area contributed by atoms with Gasteiger partial charge < -0.3 is 9.47 Å². The van der Waals surface area contributed by atoms with Gasteiger partial charge in [0.15, 0.2) is 5.78 Å². The average Bonchev–Trinajstić information content (AvgIpc) is 3.07. The first-order chi connectivity index (χ1) is 14.5. The summed E-state index contributed by atoms with van der Waals surface area (Å²) in [5.41, 5.74) is 5.19. The van der Waals surface area contributed by atoms with Gasteiger partial charge in [0.2, 0.25) is 0 Å². The van der Waals surface area contributed by atoms with Crippen molar-refractivity contribution in [3.63, 3.8) is 0 Å². The minimum atomic E-state index is 0.0821. The van der Waals surface area contributed by atoms with Gasteiger partial charge in [-0.15, -0.1) is 23.2 Å². The van der Waals surface area contributed by atoms with Crippen molar-refractivity contribution in [2.45, 2.75) is 33.2 Å². The highest BCUT2D eigenvalue weighted by Crippen LogP contribution is 2.33. The Labute approximate surface area is 189 Å². The lowest BCUT2D eigenvalue weighted by Gasteiger charge is -2.19. The van der Waals surface area contributed by atoms with Crippen LogP contribution in [-0.2, 0) is 6.54 Å². The topological polar surface area (TPSA) is 25.2 Å². The molecule has 0 aliphatic carbocycles. The van der Waals surface area contributed by atoms with Crippen molar-refractivity contribution in [1.82, 2.24) is 9.47 Å². The van der Waals surface area contributed by atoms with E-state index in [1.165, 1.54) is 5.52 Å². The summed E-state index contributed by atoms with van der Waals surface area (Å²) >= 11 is 11.7. The summed E-state index contributed by atoms with van der Waals surface area (Å²) in [6.45, 7) is 12.5. The highest BCUT2D eigenvalue weighted by Gasteiger charge is 2.15. The third kappa shape index (κ3) is 4.74. The molecule has 0 atom stereocenters. The number of allylic oxidation sites excluding steroid dienone is 1. The van der Waals surface area contributed by atoms with Crippen LogP contribution in [0.4, 0.5) is 0 Å². The zero-order chi connectivity index (χ0) is 21.7. The van der Waals surface area contributed by atoms with Crippen molar-refractivity contribution >= 4 is 56.4 Å². The van der Waals surface area contributed by atoms with E-state index in [1.54, 1.807) is 0 Å². The van der Waals surface area contributed by atoms with E-state index in [1.807, 2.05) is 12.1 Å². The molecule has 0 bridgehead atoms. The molecule has 0 N–H and O–H groups in total. The Kier molecular flexibility index (Phi) is 7.99. The van der Waals surface area contributed by atoms with Crippen LogP contribution in [0.15, 0.2) is 43.0 Å². The quantitative estimate of drug-likeness (QED) is 0.246. The van der Waals surface area contributed by atoms with E-state index in [0.717, 1.165) is 65.6 Å². The number of halogens is 2. The van der Waals surface area contributed by atoms with Gasteiger partial charge in [0.25, 0.3) is 0 Å². The van der Waals surface area contributed by atoms with Crippen molar-refractivity contribution in [1.29, 1.82) is 0 Å². The summed E-state index contributed by atoms with van der Waals surface area (Å²) in [4.78, 5) is 14.9. The SMILES string of the molecule is C=C(CCCl)c1ccc2c(c1)c1cc(C(=O)CCCl)ccc1n2CCN(CC)CC. The largest absolute Gasteiger partial charge is 0.339 e. The normalized spacial score (nSPS) is 11.6. The molecule has 160 valence electrons. The zero-order valence-corrected chi connectivity index (χ0v) is 19.4. The van der Waals surface area contributed by atoms with Crippen LogP contribution in [0.2, 0.25) is 0 Å². The molecule has 0 aliphatic rings. The molecule has 0 saturated carbocycles. The first kappa shape index (κ1) is 22.9. The maximum absolute atomic E-state index is 12.5. The van der Waals surface area contributed by atoms with Gasteiger partial charge in [-0.05, 0) is 61.0 Å². The fraction of sp³-hybridized carbons (Fsp3) is 0.400. The number of aromatic nitrogens is 1. The molecule has 3 rings (SSSR count). The summed E-state index contributed by atoms with van der Waals surface area (Å²) in [6, 6.07) is 12.5. The minimum Gasteiger partial charge on any atom is -0.339 e. The Hall–Kier alpha value is -1.81. The molecular formula is C25H30Cl2N2O. The van der Waals surface area contributed by atoms with E-state index in [2.05, 4.69) is 54.2 Å². The Morgan fingerprint density at radius 1 is 0.933 bits per heavy atom. The van der Waals surface area contributed by atoms with Crippen LogP contribution in [0.3, 0.4) is 0 Å². The Balaban J connectivity index is 2.15. The molecule has 1 heterocycles. The smallest absolute Gasteiger partial charge is 0.164 e. The number of carbonyl (C=O) groups is 1. The molecule has 0 unspecified atom stereocenters. The summed E-state index contributed by atoms with van der Waals surface area (Å²) in [6.07, 6.45) is 1.11. The van der Waals surface area contributed by atoms with Crippen molar-refractivity contribution in [3.05, 3.63) is 54.1 Å². The van der Waals surface area contributed by atoms with Crippen LogP contribution < -0.4 is 0 Å². The van der Waals surface area contributed by atoms with Gasteiger partial charge in [0.05, 0.1) is 0 Å². The molecule has 0 radical (unpaired) electrons. The van der Waals surface area contributed by atoms with Gasteiger partial charge in [-0.3, -0.25) is 4.79 Å². The molecule has 0 saturated heterocycles. The predicted octanol–water partition coefficient (Wildman–Crippen LogP) is 6.59. The van der Waals surface area contributed by atoms with E-state index in [9.17, 15) is 4.79 Å². The molecule has 3 nitrogen and oxygen atoms in total. The van der Waals surface area contributed by atoms with Gasteiger partial charge in [-0.1, -0.05) is 26.5 Å². The van der Waals surface area contributed by atoms with Gasteiger partial charge >= 0.3 is 0 Å². The molecule has 5 heteroatoms. The number of hydrogen-bond acceptors (Lipinski definition) is 2. The molecule has 30 heavy (non-hydrogen) atoms. The van der Waals surface area contributed by atoms with Crippen LogP contribution in [0.5, 0.6) is 0 Å². The Morgan fingerprint density at radius 2 is 1.50 bits per heavy atom. The van der Waals surface area contributed by atoms with E-state index in [-0.39, 0.29) is 5.78 Å². The molecule has 3 aromatic rings. The summed E-state index contributed by atoms with van der Waals surface area (Å²) < 4.78 is 2.37. The predicted molar refractivity (Wildman–Crippen MR) is 131 cm³/mol. The minimum absolute atomic E-state index is 0.0821. The highest BCUT2D eigenvalue weighted by atomic mass is 35.5. The maximum Gasteiger partial charge on any atom is 0.164 e. The number of rotatable bonds is 11. The van der Waals surface area contributed by atoms with Gasteiger partial charge in [0.1, 0.15) is 0 Å². The number of ketones is 1. The fourth-order valence-electron chi connectivity index (χ4n) is 4.01. The van der Waals surface area contributed by atoms with Crippen molar-refractivity contribution in [2.75, 3.05) is 31.4 Å². The number of carbonyl (C=O) groups excluding carboxylic acids is 1. The second-order valence-corrected chi connectivity index (χ2v) is 8.30. The maximum atomic E-state index is 12.5. The van der Waals surface area contributed by atoms with E-state index < -0.39 is 0 Å². The van der Waals surface area contributed by atoms with Crippen molar-refractivity contribution < 1.29 is 4.79 Å². The lowest BCUT2D eigenvalue weighted by atomic mass is 10.0. The molecule has 1 aromatic heterocycles. The first-order valence-corrected chi connectivity index (χ1v) is 11.7. The van der Waals surface area contributed by atoms with Crippen LogP contribution in [0, 0.1) is 0 Å². The molecule has 0 aliphatic heterocycles. The van der Waals surface area contributed by atoms with Crippen LogP contribution in [0.25, 0.3) is 27.4 Å². The first-order valence-electron chi connectivity index (χ1n) is 10.7. The molecule has 2 aromatic carbocycles. The van der Waals surface area contributed by atoms with Gasteiger partial charge in [0, 0.05) is 58.6 Å². The lowest BCUT2D eigenvalue weighted by Crippen LogP contribution is -2.26. The van der Waals surface area contributed by atoms with Crippen LogP contribution in [0.1, 0.15) is 42.6 Å². The average molecular weight is 445 g/mol. The molecule has 0 amide bonds. The number of nitrogens with zero attached hydrogens (tertiary/aromatic N) is 2. The summed E-state index contributed by atoms with van der Waals surface area (Å²) in [5, 5.41) is 2.25. The van der Waals surface area contributed by atoms with Gasteiger partial charge in [-0.25, -0.2) is 0 Å². The van der Waals surface area contributed by atoms with Crippen LogP contribution >= 0.6 is 23.2 Å². The molecular weight excluding hydrogens is 415 g/mol. The Morgan fingerprint density at radius 3 is 2.07 bits per heavy atom. The van der Waals surface area contributed by atoms with E-state index >= 15 is 0 Å². The van der Waals surface area contributed by atoms with E-state index in [4.69, 9.17) is 23.2 Å². The summed E-state index contributed by atoms with van der Waals surface area (Å²) in [5.74, 6) is 0.975. The molecule has 0 fully saturated rings. The fourth-order valence-corrected chi connectivity index (χ4v) is 4.41. The van der Waals surface area contributed by atoms with Gasteiger partial charge in [-0.2, -0.15) is 0 Å². The second-order valence-electron chi connectivity index (χ2n) is 7.55. The Bertz CT molecular complexity index is 975. The lowest BCUT2D eigenvalue weighted by molar-refractivity contribution is 0.0989. The molecule has 0 spiro atoms.